The van der Waals surface area contributed by atoms with Crippen molar-refractivity contribution >= 4 is 61.5 Å². The van der Waals surface area contributed by atoms with E-state index in [4.69, 9.17) is 28.4 Å². The summed E-state index contributed by atoms with van der Waals surface area (Å²) in [6.07, 6.45) is 1.33. The van der Waals surface area contributed by atoms with Crippen molar-refractivity contribution in [1.29, 1.82) is 0 Å². The minimum absolute atomic E-state index is 0.143. The molecule has 14 heteroatoms. The van der Waals surface area contributed by atoms with E-state index in [2.05, 4.69) is 47.7 Å². The lowest BCUT2D eigenvalue weighted by Crippen LogP contribution is -2.18. The van der Waals surface area contributed by atoms with Crippen LogP contribution >= 0.6 is 31.9 Å². The topological polar surface area (TPSA) is 143 Å². The van der Waals surface area contributed by atoms with Crippen molar-refractivity contribution < 1.29 is 42.8 Å². The molecule has 2 N–H and O–H groups in total. The lowest BCUT2D eigenvalue weighted by molar-refractivity contribution is 0.0731. The first-order chi connectivity index (χ1) is 23.6. The molecule has 0 bridgehead atoms. The van der Waals surface area contributed by atoms with Crippen LogP contribution in [0.3, 0.4) is 0 Å². The molecule has 0 aromatic heterocycles. The molecule has 49 heavy (non-hydrogen) atoms. The van der Waals surface area contributed by atoms with E-state index in [0.29, 0.717) is 56.2 Å². The molecule has 12 nitrogen and oxygen atoms in total. The molecule has 0 saturated heterocycles. The summed E-state index contributed by atoms with van der Waals surface area (Å²) in [6, 6.07) is 17.6. The molecule has 0 heterocycles. The van der Waals surface area contributed by atoms with E-state index in [0.717, 1.165) is 0 Å². The van der Waals surface area contributed by atoms with E-state index in [1.165, 1.54) is 45.7 Å². The average Bonchev–Trinajstić information content (AvgIpc) is 3.09. The smallest absolute Gasteiger partial charge is 0.343 e. The summed E-state index contributed by atoms with van der Waals surface area (Å²) in [5.74, 6) is 0.383. The van der Waals surface area contributed by atoms with Gasteiger partial charge in [0.15, 0.2) is 28.7 Å². The molecule has 0 fully saturated rings. The average molecular weight is 799 g/mol. The quantitative estimate of drug-likeness (QED) is 0.0583. The molecule has 0 radical (unpaired) electrons. The highest BCUT2D eigenvalue weighted by molar-refractivity contribution is 9.11. The van der Waals surface area contributed by atoms with Gasteiger partial charge in [-0.05, 0) is 90.4 Å². The Bertz CT molecular complexity index is 1860. The van der Waals surface area contributed by atoms with Crippen molar-refractivity contribution in [2.75, 3.05) is 39.9 Å². The van der Waals surface area contributed by atoms with E-state index in [1.54, 1.807) is 48.5 Å². The highest BCUT2D eigenvalue weighted by Gasteiger charge is 2.21. The van der Waals surface area contributed by atoms with E-state index in [-0.39, 0.29) is 28.4 Å². The summed E-state index contributed by atoms with van der Waals surface area (Å²) < 4.78 is 34.1. The fourth-order valence-electron chi connectivity index (χ4n) is 4.49. The predicted octanol–water partition coefficient (Wildman–Crippen LogP) is 7.27. The summed E-state index contributed by atoms with van der Waals surface area (Å²) in [5, 5.41) is 6.87. The van der Waals surface area contributed by atoms with Crippen LogP contribution in [0.2, 0.25) is 0 Å². The summed E-state index contributed by atoms with van der Waals surface area (Å²) in [4.78, 5) is 39.2. The van der Waals surface area contributed by atoms with E-state index < -0.39 is 17.8 Å². The van der Waals surface area contributed by atoms with Crippen LogP contribution in [0.25, 0.3) is 0 Å². The second kappa shape index (κ2) is 17.4. The minimum Gasteiger partial charge on any atom is -0.493 e. The number of hydrazone groups is 1. The summed E-state index contributed by atoms with van der Waals surface area (Å²) in [7, 11) is 4.34. The molecule has 0 spiro atoms. The van der Waals surface area contributed by atoms with Crippen LogP contribution in [-0.4, -0.2) is 58.5 Å². The highest BCUT2D eigenvalue weighted by Crippen LogP contribution is 2.39. The Balaban J connectivity index is 1.48. The van der Waals surface area contributed by atoms with E-state index in [1.807, 2.05) is 13.8 Å². The number of rotatable bonds is 14. The normalized spacial score (nSPS) is 10.7. The van der Waals surface area contributed by atoms with Gasteiger partial charge in [0.1, 0.15) is 0 Å². The predicted molar refractivity (Wildman–Crippen MR) is 191 cm³/mol. The molecule has 0 aliphatic rings. The largest absolute Gasteiger partial charge is 0.493 e. The second-order valence-corrected chi connectivity index (χ2v) is 11.6. The molecule has 0 aliphatic carbocycles. The number of anilines is 1. The second-order valence-electron chi connectivity index (χ2n) is 9.87. The monoisotopic (exact) mass is 797 g/mol. The first kappa shape index (κ1) is 36.8. The molecular weight excluding hydrogens is 766 g/mol. The van der Waals surface area contributed by atoms with Gasteiger partial charge in [-0.1, -0.05) is 22.0 Å². The minimum atomic E-state index is -0.709. The van der Waals surface area contributed by atoms with Crippen molar-refractivity contribution in [3.05, 3.63) is 97.9 Å². The lowest BCUT2D eigenvalue weighted by atomic mass is 10.1. The maximum Gasteiger partial charge on any atom is 0.343 e. The molecule has 4 rings (SSSR count). The van der Waals surface area contributed by atoms with Gasteiger partial charge in [-0.15, -0.1) is 0 Å². The number of benzene rings is 4. The Morgan fingerprint density at radius 1 is 0.714 bits per heavy atom. The summed E-state index contributed by atoms with van der Waals surface area (Å²) in [5.41, 5.74) is 3.96. The zero-order valence-corrected chi connectivity index (χ0v) is 30.4. The van der Waals surface area contributed by atoms with Gasteiger partial charge in [0.05, 0.1) is 50.8 Å². The van der Waals surface area contributed by atoms with Crippen molar-refractivity contribution in [1.82, 2.24) is 5.43 Å². The number of nitrogens with one attached hydrogen (secondary N) is 2. The molecule has 0 atom stereocenters. The Kier molecular flexibility index (Phi) is 13.0. The first-order valence-corrected chi connectivity index (χ1v) is 16.4. The van der Waals surface area contributed by atoms with Gasteiger partial charge in [0.25, 0.3) is 11.8 Å². The van der Waals surface area contributed by atoms with Crippen molar-refractivity contribution in [3.63, 3.8) is 0 Å². The molecular formula is C35H33Br2N3O9. The molecule has 2 amide bonds. The molecule has 4 aromatic carbocycles. The number of halogens is 2. The molecule has 0 saturated carbocycles. The Hall–Kier alpha value is -5.08. The Labute approximate surface area is 299 Å². The van der Waals surface area contributed by atoms with E-state index >= 15 is 0 Å². The number of carbonyl (C=O) groups is 3. The van der Waals surface area contributed by atoms with Gasteiger partial charge in [0.2, 0.25) is 5.75 Å². The van der Waals surface area contributed by atoms with E-state index in [9.17, 15) is 14.4 Å². The molecule has 0 unspecified atom stereocenters. The van der Waals surface area contributed by atoms with Crippen LogP contribution < -0.4 is 39.2 Å². The van der Waals surface area contributed by atoms with Gasteiger partial charge in [-0.2, -0.15) is 5.10 Å². The number of amides is 2. The third-order valence-corrected chi connectivity index (χ3v) is 7.74. The summed E-state index contributed by atoms with van der Waals surface area (Å²) >= 11 is 6.85. The maximum atomic E-state index is 13.2. The van der Waals surface area contributed by atoms with Gasteiger partial charge in [-0.25, -0.2) is 10.2 Å². The van der Waals surface area contributed by atoms with Crippen LogP contribution in [0.4, 0.5) is 5.69 Å². The molecule has 256 valence electrons. The highest BCUT2D eigenvalue weighted by atomic mass is 79.9. The lowest BCUT2D eigenvalue weighted by Gasteiger charge is -2.15. The van der Waals surface area contributed by atoms with Crippen LogP contribution in [0.5, 0.6) is 34.5 Å². The maximum absolute atomic E-state index is 13.2. The zero-order valence-electron chi connectivity index (χ0n) is 27.2. The number of carbonyl (C=O) groups excluding carboxylic acids is 3. The van der Waals surface area contributed by atoms with Crippen molar-refractivity contribution in [2.45, 2.75) is 13.8 Å². The SMILES string of the molecule is CCOc1ccc(C(=O)Nc2cccc(C(=O)NN=Cc3cc(Br)cc(Br)c3OC(=O)c3cc(OC)c(OC)c(OC)c3)c2)cc1OCC. The number of nitrogens with zero attached hydrogens (tertiary/aromatic N) is 1. The Morgan fingerprint density at radius 3 is 2.02 bits per heavy atom. The standard InChI is InChI=1S/C35H33Br2N3O9/c1-6-47-27-12-11-21(15-28(27)48-7-2)33(41)39-25-10-8-9-20(14-25)34(42)40-38-19-23-13-24(36)18-26(37)31(23)49-35(43)22-16-29(44-3)32(46-5)30(17-22)45-4/h8-19H,6-7H2,1-5H3,(H,39,41)(H,40,42). The third-order valence-electron chi connectivity index (χ3n) is 6.69. The third kappa shape index (κ3) is 9.30. The number of hydrogen-bond donors (Lipinski definition) is 2. The van der Waals surface area contributed by atoms with Gasteiger partial charge >= 0.3 is 5.97 Å². The molecule has 0 aliphatic heterocycles. The molecule has 4 aromatic rings. The van der Waals surface area contributed by atoms with Crippen molar-refractivity contribution in [3.8, 4) is 34.5 Å². The summed E-state index contributed by atoms with van der Waals surface area (Å²) in [6.45, 7) is 4.56. The number of esters is 1. The van der Waals surface area contributed by atoms with Crippen LogP contribution in [0.1, 0.15) is 50.5 Å². The number of ether oxygens (including phenoxy) is 6. The van der Waals surface area contributed by atoms with Gasteiger partial charge < -0.3 is 33.7 Å². The van der Waals surface area contributed by atoms with Gasteiger partial charge in [0, 0.05) is 26.9 Å². The fourth-order valence-corrected chi connectivity index (χ4v) is 5.83. The fraction of sp³-hybridized carbons (Fsp3) is 0.200. The Morgan fingerprint density at radius 2 is 1.37 bits per heavy atom. The van der Waals surface area contributed by atoms with Gasteiger partial charge in [-0.3, -0.25) is 9.59 Å². The van der Waals surface area contributed by atoms with Crippen LogP contribution in [0, 0.1) is 0 Å². The van der Waals surface area contributed by atoms with Crippen LogP contribution in [-0.2, 0) is 0 Å². The first-order valence-electron chi connectivity index (χ1n) is 14.8. The van der Waals surface area contributed by atoms with Crippen molar-refractivity contribution in [2.24, 2.45) is 5.10 Å². The zero-order chi connectivity index (χ0) is 35.5. The number of hydrogen-bond acceptors (Lipinski definition) is 10. The number of methoxy groups -OCH3 is 3. The van der Waals surface area contributed by atoms with Crippen LogP contribution in [0.15, 0.2) is 80.8 Å².